The molecule has 2 N–H and O–H groups in total. The maximum Gasteiger partial charge on any atom is 0.261 e. The van der Waals surface area contributed by atoms with Crippen molar-refractivity contribution in [1.82, 2.24) is 5.32 Å². The van der Waals surface area contributed by atoms with E-state index in [9.17, 15) is 13.2 Å². The number of rotatable bonds is 8. The molecule has 0 aliphatic rings. The van der Waals surface area contributed by atoms with Crippen molar-refractivity contribution in [3.8, 4) is 0 Å². The zero-order valence-corrected chi connectivity index (χ0v) is 18.8. The first kappa shape index (κ1) is 22.6. The van der Waals surface area contributed by atoms with Gasteiger partial charge in [0.2, 0.25) is 0 Å². The molecule has 1 amide bonds. The Morgan fingerprint density at radius 1 is 0.871 bits per heavy atom. The predicted molar refractivity (Wildman–Crippen MR) is 125 cm³/mol. The summed E-state index contributed by atoms with van der Waals surface area (Å²) >= 11 is 0. The first-order valence-electron chi connectivity index (χ1n) is 10.3. The molecular weight excluding hydrogens is 408 g/mol. The fourth-order valence-electron chi connectivity index (χ4n) is 3.47. The number of sulfonamides is 1. The number of anilines is 1. The van der Waals surface area contributed by atoms with Crippen LogP contribution in [0.2, 0.25) is 0 Å². The Bertz CT molecular complexity index is 1130. The van der Waals surface area contributed by atoms with Gasteiger partial charge in [-0.05, 0) is 54.7 Å². The minimum atomic E-state index is -3.74. The third kappa shape index (κ3) is 5.73. The van der Waals surface area contributed by atoms with Crippen molar-refractivity contribution < 1.29 is 13.2 Å². The molecule has 3 rings (SSSR count). The van der Waals surface area contributed by atoms with E-state index in [0.717, 1.165) is 12.0 Å². The number of carbonyl (C=O) groups is 1. The molecular formula is C25H28N2O3S. The molecule has 0 heterocycles. The molecule has 1 atom stereocenters. The van der Waals surface area contributed by atoms with Gasteiger partial charge in [-0.3, -0.25) is 9.52 Å². The van der Waals surface area contributed by atoms with Gasteiger partial charge >= 0.3 is 0 Å². The smallest absolute Gasteiger partial charge is 0.261 e. The Hall–Kier alpha value is -3.12. The molecule has 0 spiro atoms. The van der Waals surface area contributed by atoms with Crippen molar-refractivity contribution in [2.45, 2.75) is 38.1 Å². The third-order valence-electron chi connectivity index (χ3n) is 5.09. The van der Waals surface area contributed by atoms with Crippen LogP contribution in [0.3, 0.4) is 0 Å². The number of nitrogens with one attached hydrogen (secondary N) is 2. The third-order valence-corrected chi connectivity index (χ3v) is 6.47. The fraction of sp³-hybridized carbons (Fsp3) is 0.240. The van der Waals surface area contributed by atoms with Gasteiger partial charge in [-0.25, -0.2) is 8.42 Å². The van der Waals surface area contributed by atoms with E-state index in [2.05, 4.69) is 23.9 Å². The van der Waals surface area contributed by atoms with Crippen molar-refractivity contribution in [3.05, 3.63) is 95.6 Å². The van der Waals surface area contributed by atoms with Crippen molar-refractivity contribution in [1.29, 1.82) is 0 Å². The molecule has 162 valence electrons. The van der Waals surface area contributed by atoms with Crippen molar-refractivity contribution >= 4 is 21.6 Å². The maximum absolute atomic E-state index is 13.1. The summed E-state index contributed by atoms with van der Waals surface area (Å²) in [5.74, 6) is 0.170. The van der Waals surface area contributed by atoms with Crippen LogP contribution < -0.4 is 10.0 Å². The van der Waals surface area contributed by atoms with Gasteiger partial charge in [0.15, 0.2) is 0 Å². The second kappa shape index (κ2) is 9.79. The summed E-state index contributed by atoms with van der Waals surface area (Å²) in [4.78, 5) is 13.3. The normalized spacial score (nSPS) is 12.4. The molecule has 0 fully saturated rings. The van der Waals surface area contributed by atoms with Crippen LogP contribution in [0.1, 0.15) is 47.8 Å². The van der Waals surface area contributed by atoms with Gasteiger partial charge in [0.05, 0.1) is 16.6 Å². The van der Waals surface area contributed by atoms with E-state index in [1.165, 1.54) is 12.1 Å². The molecule has 5 nitrogen and oxygen atoms in total. The van der Waals surface area contributed by atoms with Crippen molar-refractivity contribution in [3.63, 3.8) is 0 Å². The number of amides is 1. The zero-order valence-electron chi connectivity index (χ0n) is 18.0. The van der Waals surface area contributed by atoms with Gasteiger partial charge in [0.1, 0.15) is 0 Å². The highest BCUT2D eigenvalue weighted by atomic mass is 32.2. The topological polar surface area (TPSA) is 75.3 Å². The van der Waals surface area contributed by atoms with E-state index in [0.29, 0.717) is 22.7 Å². The summed E-state index contributed by atoms with van der Waals surface area (Å²) < 4.78 is 28.0. The second-order valence-corrected chi connectivity index (χ2v) is 9.65. The fourth-order valence-corrected chi connectivity index (χ4v) is 4.61. The van der Waals surface area contributed by atoms with Crippen molar-refractivity contribution in [2.75, 3.05) is 4.72 Å². The molecule has 0 aromatic heterocycles. The van der Waals surface area contributed by atoms with Crippen LogP contribution in [0, 0.1) is 12.8 Å². The standard InChI is InChI=1S/C25H28N2O3S/c1-18(2)17-24(20-11-6-4-7-12-20)26-25(28)22-15-10-16-23(19(22)3)27-31(29,30)21-13-8-5-9-14-21/h4-16,18,24,27H,17H2,1-3H3,(H,26,28)/t24-/m0/s1. The van der Waals surface area contributed by atoms with Crippen LogP contribution in [0.5, 0.6) is 0 Å². The highest BCUT2D eigenvalue weighted by Gasteiger charge is 2.21. The lowest BCUT2D eigenvalue weighted by molar-refractivity contribution is 0.0931. The lowest BCUT2D eigenvalue weighted by atomic mass is 9.96. The lowest BCUT2D eigenvalue weighted by Crippen LogP contribution is -2.30. The molecule has 0 saturated heterocycles. The van der Waals surface area contributed by atoms with E-state index in [-0.39, 0.29) is 16.8 Å². The molecule has 0 saturated carbocycles. The Kier molecular flexibility index (Phi) is 7.13. The highest BCUT2D eigenvalue weighted by Crippen LogP contribution is 2.25. The molecule has 0 bridgehead atoms. The summed E-state index contributed by atoms with van der Waals surface area (Å²) in [6.45, 7) is 5.98. The lowest BCUT2D eigenvalue weighted by Gasteiger charge is -2.22. The minimum absolute atomic E-state index is 0.127. The van der Waals surface area contributed by atoms with Crippen LogP contribution in [-0.4, -0.2) is 14.3 Å². The summed E-state index contributed by atoms with van der Waals surface area (Å²) in [5.41, 5.74) is 2.45. The summed E-state index contributed by atoms with van der Waals surface area (Å²) in [7, 11) is -3.74. The summed E-state index contributed by atoms with van der Waals surface area (Å²) in [6, 6.07) is 23.0. The Morgan fingerprint density at radius 3 is 2.10 bits per heavy atom. The predicted octanol–water partition coefficient (Wildman–Crippen LogP) is 5.31. The largest absolute Gasteiger partial charge is 0.345 e. The van der Waals surface area contributed by atoms with E-state index in [1.807, 2.05) is 30.3 Å². The van der Waals surface area contributed by atoms with Gasteiger partial charge in [-0.1, -0.05) is 68.4 Å². The Balaban J connectivity index is 1.85. The van der Waals surface area contributed by atoms with E-state index in [1.54, 1.807) is 43.3 Å². The highest BCUT2D eigenvalue weighted by molar-refractivity contribution is 7.92. The zero-order chi connectivity index (χ0) is 22.4. The van der Waals surface area contributed by atoms with Gasteiger partial charge in [0, 0.05) is 5.56 Å². The van der Waals surface area contributed by atoms with Crippen LogP contribution in [0.25, 0.3) is 0 Å². The first-order chi connectivity index (χ1) is 14.8. The number of carbonyl (C=O) groups excluding carboxylic acids is 1. The monoisotopic (exact) mass is 436 g/mol. The molecule has 6 heteroatoms. The van der Waals surface area contributed by atoms with Gasteiger partial charge in [-0.15, -0.1) is 0 Å². The molecule has 3 aromatic carbocycles. The molecule has 3 aromatic rings. The molecule has 0 unspecified atom stereocenters. The van der Waals surface area contributed by atoms with Gasteiger partial charge in [-0.2, -0.15) is 0 Å². The number of benzene rings is 3. The van der Waals surface area contributed by atoms with Gasteiger partial charge in [0.25, 0.3) is 15.9 Å². The van der Waals surface area contributed by atoms with E-state index >= 15 is 0 Å². The van der Waals surface area contributed by atoms with Gasteiger partial charge < -0.3 is 5.32 Å². The second-order valence-electron chi connectivity index (χ2n) is 7.96. The summed E-state index contributed by atoms with van der Waals surface area (Å²) in [6.07, 6.45) is 0.801. The van der Waals surface area contributed by atoms with Crippen LogP contribution in [-0.2, 0) is 10.0 Å². The van der Waals surface area contributed by atoms with Crippen LogP contribution >= 0.6 is 0 Å². The first-order valence-corrected chi connectivity index (χ1v) is 11.8. The Morgan fingerprint density at radius 2 is 1.48 bits per heavy atom. The quantitative estimate of drug-likeness (QED) is 0.502. The van der Waals surface area contributed by atoms with Crippen LogP contribution in [0.15, 0.2) is 83.8 Å². The molecule has 0 aliphatic carbocycles. The molecule has 31 heavy (non-hydrogen) atoms. The van der Waals surface area contributed by atoms with E-state index in [4.69, 9.17) is 0 Å². The van der Waals surface area contributed by atoms with Crippen molar-refractivity contribution in [2.24, 2.45) is 5.92 Å². The number of hydrogen-bond donors (Lipinski definition) is 2. The molecule has 0 aliphatic heterocycles. The summed E-state index contributed by atoms with van der Waals surface area (Å²) in [5, 5.41) is 3.13. The average molecular weight is 437 g/mol. The van der Waals surface area contributed by atoms with E-state index < -0.39 is 10.0 Å². The SMILES string of the molecule is Cc1c(NS(=O)(=O)c2ccccc2)cccc1C(=O)N[C@@H](CC(C)C)c1ccccc1. The minimum Gasteiger partial charge on any atom is -0.345 e. The maximum atomic E-state index is 13.1. The molecule has 0 radical (unpaired) electrons. The Labute approximate surface area is 184 Å². The average Bonchev–Trinajstić information content (AvgIpc) is 2.75. The number of hydrogen-bond acceptors (Lipinski definition) is 3. The van der Waals surface area contributed by atoms with Crippen LogP contribution in [0.4, 0.5) is 5.69 Å².